The number of pyridine rings is 5. The first-order chi connectivity index (χ1) is 68.3. The molecule has 8 heteroatoms. The lowest BCUT2D eigenvalue weighted by molar-refractivity contribution is 0.518. The lowest BCUT2D eigenvalue weighted by Crippen LogP contribution is -2.24. The molecule has 12 aromatic carbocycles. The molecule has 0 bridgehead atoms. The maximum atomic E-state index is 8.35. The van der Waals surface area contributed by atoms with E-state index in [1.807, 2.05) is 71.5 Å². The van der Waals surface area contributed by atoms with Crippen LogP contribution in [0, 0.1) is 6.85 Å². The van der Waals surface area contributed by atoms with Crippen LogP contribution in [0.15, 0.2) is 377 Å². The number of aromatic nitrogens is 8. The summed E-state index contributed by atoms with van der Waals surface area (Å²) >= 11 is 0. The Labute approximate surface area is 835 Å². The molecular formula is C131H140N8. The zero-order valence-corrected chi connectivity index (χ0v) is 85.9. The lowest BCUT2D eigenvalue weighted by Gasteiger charge is -2.32. The fourth-order valence-corrected chi connectivity index (χ4v) is 18.7. The zero-order chi connectivity index (χ0) is 104. The summed E-state index contributed by atoms with van der Waals surface area (Å²) in [4.78, 5) is 23.1. The molecule has 0 saturated carbocycles. The summed E-state index contributed by atoms with van der Waals surface area (Å²) in [6.07, 6.45) is 6.16. The molecule has 0 aliphatic heterocycles. The first-order valence-corrected chi connectivity index (χ1v) is 48.8. The fraction of sp³-hybridized carbons (Fsp3) is 0.260. The Hall–Kier alpha value is -14.2. The third kappa shape index (κ3) is 22.5. The van der Waals surface area contributed by atoms with Gasteiger partial charge in [-0.2, -0.15) is 0 Å². The molecule has 704 valence electrons. The maximum absolute atomic E-state index is 8.35. The largest absolute Gasteiger partial charge is 0.309 e. The first-order valence-electron chi connectivity index (χ1n) is 51.8. The van der Waals surface area contributed by atoms with E-state index in [0.717, 1.165) is 45.3 Å². The molecule has 0 N–H and O–H groups in total. The van der Waals surface area contributed by atoms with Gasteiger partial charge in [0, 0.05) is 105 Å². The van der Waals surface area contributed by atoms with E-state index < -0.39 is 19.1 Å². The average molecular weight is 1830 g/mol. The van der Waals surface area contributed by atoms with E-state index in [9.17, 15) is 0 Å². The molecule has 0 radical (unpaired) electrons. The molecule has 20 rings (SSSR count). The summed E-state index contributed by atoms with van der Waals surface area (Å²) in [7, 11) is 0. The fourth-order valence-electron chi connectivity index (χ4n) is 18.7. The second-order valence-corrected chi connectivity index (χ2v) is 43.7. The smallest absolute Gasteiger partial charge is 0.140 e. The number of rotatable bonds is 10. The highest BCUT2D eigenvalue weighted by Gasteiger charge is 2.31. The molecule has 8 heterocycles. The predicted molar refractivity (Wildman–Crippen MR) is 597 cm³/mol. The van der Waals surface area contributed by atoms with Gasteiger partial charge in [0.05, 0.1) is 50.2 Å². The Morgan fingerprint density at radius 3 is 0.964 bits per heavy atom. The van der Waals surface area contributed by atoms with Crippen molar-refractivity contribution in [1.82, 2.24) is 38.6 Å². The monoisotopic (exact) mass is 1830 g/mol. The number of aryl methyl sites for hydroxylation is 2. The third-order valence-electron chi connectivity index (χ3n) is 25.7. The maximum Gasteiger partial charge on any atom is 0.140 e. The van der Waals surface area contributed by atoms with Crippen molar-refractivity contribution in [2.75, 3.05) is 0 Å². The summed E-state index contributed by atoms with van der Waals surface area (Å²) < 4.78 is 53.1. The van der Waals surface area contributed by atoms with E-state index in [0.29, 0.717) is 0 Å². The summed E-state index contributed by atoms with van der Waals surface area (Å²) in [5.74, 6) is 1.27. The molecule has 0 aliphatic rings. The van der Waals surface area contributed by atoms with Crippen LogP contribution in [0.1, 0.15) is 236 Å². The van der Waals surface area contributed by atoms with Crippen LogP contribution in [-0.4, -0.2) is 38.6 Å². The van der Waals surface area contributed by atoms with Gasteiger partial charge in [-0.1, -0.05) is 439 Å². The number of hydrogen-bond acceptors (Lipinski definition) is 5. The molecule has 0 spiro atoms. The quantitative estimate of drug-likeness (QED) is 0.136. The number of para-hydroxylation sites is 7. The highest BCUT2D eigenvalue weighted by Crippen LogP contribution is 2.45. The van der Waals surface area contributed by atoms with Crippen LogP contribution in [0.4, 0.5) is 0 Å². The number of hydrogen-bond donors (Lipinski definition) is 0. The molecule has 20 aromatic rings. The minimum Gasteiger partial charge on any atom is -0.309 e. The summed E-state index contributed by atoms with van der Waals surface area (Å²) in [5, 5.41) is 7.57. The van der Waals surface area contributed by atoms with E-state index in [1.54, 1.807) is 12.1 Å². The molecule has 139 heavy (non-hydrogen) atoms. The van der Waals surface area contributed by atoms with Crippen LogP contribution < -0.4 is 0 Å². The Kier molecular flexibility index (Phi) is 27.1. The molecular weight excluding hydrogens is 1690 g/mol. The average Bonchev–Trinajstić information content (AvgIpc) is 1.35. The van der Waals surface area contributed by atoms with Gasteiger partial charge in [0.1, 0.15) is 11.6 Å². The Morgan fingerprint density at radius 1 is 0.281 bits per heavy atom. The molecule has 8 nitrogen and oxygen atoms in total. The highest BCUT2D eigenvalue weighted by atomic mass is 15.1. The van der Waals surface area contributed by atoms with Gasteiger partial charge in [-0.3, -0.25) is 24.1 Å². The SMILES string of the molecule is CC(C)(C)c1c(-c2ccccc2)cncc1-c1ccccc1.CC(C)(C)c1cc(-c2ccccc2)nc(-c2ccccc2)c1.CC(C)(C)c1cc(-n2c3ccccc3c3ccccc32)nc(-n2c3ccccc3c3ccccc32)c1.CC(C)(C)c1ccccc1-c1ccccc1-n1c2ccccc2c2ccccc21.[2H]C(C)(C)c1cncc(C(C)(C)C)c1C(C)(C)C.[2H]C([2H])([2H])c1cc(C(C)(C)C)cc(C([2H])([2H])C)n1. The molecule has 0 unspecified atom stereocenters. The number of fused-ring (bicyclic) bond motifs is 9. The Morgan fingerprint density at radius 2 is 0.604 bits per heavy atom. The zero-order valence-electron chi connectivity index (χ0n) is 91.9. The predicted octanol–water partition coefficient (Wildman–Crippen LogP) is 35.8. The normalized spacial score (nSPS) is 12.9. The number of benzene rings is 12. The van der Waals surface area contributed by atoms with Crippen LogP contribution in [0.2, 0.25) is 0 Å². The standard InChI is InChI=1S/C33H27N3.C28H25N.2C21H21N.C16H27N.C12H19N/c1-33(2,3)22-20-31(35-27-16-8-4-12-23(27)24-13-5-9-17-28(24)35)34-32(21-22)36-29-18-10-6-14-25(29)26-15-7-11-19-30(26)36;1-28(2,3)24-16-8-4-12-20(24)21-13-5-9-17-25(21)29-26-18-10-6-14-22(26)23-15-7-11-19-27(23)29;1-21(2,3)20-18(16-10-6-4-7-11-16)14-22-15-19(20)17-12-8-5-9-13-17;1-21(2,3)18-14-19(16-10-6-4-7-11-16)22-20(15-18)17-12-8-5-9-13-17;1-11(2)12-9-17-10-13(15(3,4)5)14(12)16(6,7)8;1-6-11-8-10(12(3,4)5)7-9(2)13-11/h4-21H,1-3H3;4-19H,1-3H3;2*4-15H,1-3H3;9-11H,1-8H3;7-8H,6H2,1-5H3/i;;;;11D;2D3,6D2. The molecule has 8 aromatic heterocycles. The van der Waals surface area contributed by atoms with Crippen molar-refractivity contribution in [3.8, 4) is 73.2 Å². The van der Waals surface area contributed by atoms with Gasteiger partial charge in [-0.15, -0.1) is 0 Å². The molecule has 0 saturated heterocycles. The van der Waals surface area contributed by atoms with E-state index >= 15 is 0 Å². The van der Waals surface area contributed by atoms with E-state index in [1.165, 1.54) is 145 Å². The van der Waals surface area contributed by atoms with Crippen molar-refractivity contribution in [3.63, 3.8) is 0 Å². The molecule has 0 atom stereocenters. The summed E-state index contributed by atoms with van der Waals surface area (Å²) in [6, 6.07) is 123. The topological polar surface area (TPSA) is 79.2 Å². The highest BCUT2D eigenvalue weighted by molar-refractivity contribution is 6.12. The first kappa shape index (κ1) is 91.2. The summed E-state index contributed by atoms with van der Waals surface area (Å²) in [6.45, 7) is 49.3. The molecule has 0 fully saturated rings. The second kappa shape index (κ2) is 41.2. The van der Waals surface area contributed by atoms with E-state index in [2.05, 4.69) is 481 Å². The van der Waals surface area contributed by atoms with Crippen LogP contribution in [0.3, 0.4) is 0 Å². The molecule has 0 amide bonds. The van der Waals surface area contributed by atoms with Gasteiger partial charge in [-0.25, -0.2) is 9.97 Å². The summed E-state index contributed by atoms with van der Waals surface area (Å²) in [5.41, 5.74) is 30.0. The van der Waals surface area contributed by atoms with E-state index in [-0.39, 0.29) is 49.3 Å². The van der Waals surface area contributed by atoms with Gasteiger partial charge in [0.2, 0.25) is 0 Å². The van der Waals surface area contributed by atoms with Crippen molar-refractivity contribution >= 4 is 65.4 Å². The van der Waals surface area contributed by atoms with Crippen molar-refractivity contribution in [1.29, 1.82) is 0 Å². The van der Waals surface area contributed by atoms with Gasteiger partial charge >= 0.3 is 0 Å². The van der Waals surface area contributed by atoms with E-state index in [4.69, 9.17) is 18.2 Å². The van der Waals surface area contributed by atoms with Crippen molar-refractivity contribution in [2.24, 2.45) is 0 Å². The van der Waals surface area contributed by atoms with Crippen LogP contribution in [0.5, 0.6) is 0 Å². The van der Waals surface area contributed by atoms with Crippen LogP contribution >= 0.6 is 0 Å². The lowest BCUT2D eigenvalue weighted by atomic mass is 9.73. The number of nitrogens with zero attached hydrogens (tertiary/aromatic N) is 8. The third-order valence-corrected chi connectivity index (χ3v) is 25.7. The second-order valence-electron chi connectivity index (χ2n) is 43.7. The minimum atomic E-state index is -2.32. The van der Waals surface area contributed by atoms with Gasteiger partial charge < -0.3 is 4.57 Å². The van der Waals surface area contributed by atoms with Gasteiger partial charge in [-0.05, 0) is 197 Å². The van der Waals surface area contributed by atoms with Crippen molar-refractivity contribution in [2.45, 2.75) is 223 Å². The minimum absolute atomic E-state index is 0.0270. The van der Waals surface area contributed by atoms with Gasteiger partial charge in [0.25, 0.3) is 0 Å². The van der Waals surface area contributed by atoms with Crippen molar-refractivity contribution < 1.29 is 8.22 Å². The molecule has 0 aliphatic carbocycles. The van der Waals surface area contributed by atoms with Crippen LogP contribution in [0.25, 0.3) is 139 Å². The Bertz CT molecular complexity index is 7420. The van der Waals surface area contributed by atoms with Gasteiger partial charge in [0.15, 0.2) is 0 Å². The van der Waals surface area contributed by atoms with Crippen molar-refractivity contribution in [3.05, 3.63) is 433 Å². The Balaban J connectivity index is 0.000000134. The van der Waals surface area contributed by atoms with Crippen LogP contribution in [-0.2, 0) is 44.3 Å².